The molecule has 0 radical (unpaired) electrons. The number of rotatable bonds is 5. The van der Waals surface area contributed by atoms with Crippen molar-refractivity contribution in [1.82, 2.24) is 4.31 Å². The van der Waals surface area contributed by atoms with Gasteiger partial charge >= 0.3 is 0 Å². The molecule has 0 saturated carbocycles. The van der Waals surface area contributed by atoms with Gasteiger partial charge in [-0.2, -0.15) is 4.31 Å². The molecule has 5 nitrogen and oxygen atoms in total. The molecule has 26 heavy (non-hydrogen) atoms. The van der Waals surface area contributed by atoms with Crippen LogP contribution in [0.25, 0.3) is 0 Å². The highest BCUT2D eigenvalue weighted by molar-refractivity contribution is 7.89. The summed E-state index contributed by atoms with van der Waals surface area (Å²) < 4.78 is 32.5. The van der Waals surface area contributed by atoms with Gasteiger partial charge in [0, 0.05) is 13.1 Å². The summed E-state index contributed by atoms with van der Waals surface area (Å²) in [7, 11) is -3.57. The standard InChI is InChI=1S/C20H25NO4S/c1-15-5-6-16(2)17(12-15)14-25-19-7-9-20(10-8-19)26(23,24)21-11-3-4-18(22)13-21/h5-10,12,18,22H,3-4,11,13-14H2,1-2H3. The quantitative estimate of drug-likeness (QED) is 0.872. The molecule has 1 saturated heterocycles. The van der Waals surface area contributed by atoms with Crippen molar-refractivity contribution in [1.29, 1.82) is 0 Å². The van der Waals surface area contributed by atoms with Crippen LogP contribution in [0.5, 0.6) is 5.75 Å². The molecule has 1 N–H and O–H groups in total. The molecule has 1 atom stereocenters. The third kappa shape index (κ3) is 4.26. The number of hydrogen-bond donors (Lipinski definition) is 1. The fraction of sp³-hybridized carbons (Fsp3) is 0.400. The predicted octanol–water partition coefficient (Wildman–Crippen LogP) is 3.03. The Hall–Kier alpha value is -1.89. The number of aryl methyl sites for hydroxylation is 2. The Morgan fingerprint density at radius 2 is 1.88 bits per heavy atom. The molecule has 0 spiro atoms. The van der Waals surface area contributed by atoms with E-state index in [9.17, 15) is 13.5 Å². The zero-order chi connectivity index (χ0) is 18.7. The van der Waals surface area contributed by atoms with Crippen LogP contribution in [-0.2, 0) is 16.6 Å². The smallest absolute Gasteiger partial charge is 0.243 e. The molecule has 0 bridgehead atoms. The van der Waals surface area contributed by atoms with Crippen LogP contribution in [0.3, 0.4) is 0 Å². The second-order valence-corrected chi connectivity index (χ2v) is 8.79. The average molecular weight is 375 g/mol. The van der Waals surface area contributed by atoms with Crippen LogP contribution in [0, 0.1) is 13.8 Å². The van der Waals surface area contributed by atoms with Crippen LogP contribution in [0.1, 0.15) is 29.5 Å². The topological polar surface area (TPSA) is 66.8 Å². The van der Waals surface area contributed by atoms with Gasteiger partial charge in [0.25, 0.3) is 0 Å². The van der Waals surface area contributed by atoms with Gasteiger partial charge in [0.2, 0.25) is 10.0 Å². The Morgan fingerprint density at radius 1 is 1.15 bits per heavy atom. The van der Waals surface area contributed by atoms with Gasteiger partial charge in [-0.1, -0.05) is 23.8 Å². The summed E-state index contributed by atoms with van der Waals surface area (Å²) in [6.07, 6.45) is 0.743. The van der Waals surface area contributed by atoms with E-state index in [-0.39, 0.29) is 11.4 Å². The third-order valence-electron chi connectivity index (χ3n) is 4.72. The number of piperidine rings is 1. The third-order valence-corrected chi connectivity index (χ3v) is 6.60. The van der Waals surface area contributed by atoms with Crippen molar-refractivity contribution in [2.24, 2.45) is 0 Å². The molecule has 6 heteroatoms. The van der Waals surface area contributed by atoms with Gasteiger partial charge in [0.05, 0.1) is 11.0 Å². The Labute approximate surface area is 155 Å². The van der Waals surface area contributed by atoms with Crippen molar-refractivity contribution in [3.8, 4) is 5.75 Å². The number of benzene rings is 2. The maximum atomic E-state index is 12.7. The van der Waals surface area contributed by atoms with Gasteiger partial charge in [-0.25, -0.2) is 8.42 Å². The lowest BCUT2D eigenvalue weighted by Crippen LogP contribution is -2.42. The Kier molecular flexibility index (Phi) is 5.65. The predicted molar refractivity (Wildman–Crippen MR) is 101 cm³/mol. The van der Waals surface area contributed by atoms with Crippen molar-refractivity contribution < 1.29 is 18.3 Å². The van der Waals surface area contributed by atoms with Crippen molar-refractivity contribution in [2.45, 2.75) is 44.3 Å². The molecule has 0 aliphatic carbocycles. The summed E-state index contributed by atoms with van der Waals surface area (Å²) in [5.41, 5.74) is 3.46. The lowest BCUT2D eigenvalue weighted by molar-refractivity contribution is 0.108. The van der Waals surface area contributed by atoms with E-state index in [1.165, 1.54) is 15.4 Å². The van der Waals surface area contributed by atoms with E-state index >= 15 is 0 Å². The van der Waals surface area contributed by atoms with Gasteiger partial charge in [-0.3, -0.25) is 0 Å². The van der Waals surface area contributed by atoms with Crippen LogP contribution in [0.2, 0.25) is 0 Å². The summed E-state index contributed by atoms with van der Waals surface area (Å²) in [5, 5.41) is 9.73. The fourth-order valence-corrected chi connectivity index (χ4v) is 4.63. The van der Waals surface area contributed by atoms with Gasteiger partial charge in [-0.15, -0.1) is 0 Å². The number of nitrogens with zero attached hydrogens (tertiary/aromatic N) is 1. The normalized spacial score (nSPS) is 18.7. The summed E-state index contributed by atoms with van der Waals surface area (Å²) in [6, 6.07) is 12.7. The van der Waals surface area contributed by atoms with Crippen molar-refractivity contribution in [3.05, 3.63) is 59.2 Å². The van der Waals surface area contributed by atoms with Crippen LogP contribution in [0.15, 0.2) is 47.4 Å². The van der Waals surface area contributed by atoms with Crippen LogP contribution in [0.4, 0.5) is 0 Å². The molecule has 140 valence electrons. The Morgan fingerprint density at radius 3 is 2.58 bits per heavy atom. The first-order valence-electron chi connectivity index (χ1n) is 8.83. The Balaban J connectivity index is 1.69. The van der Waals surface area contributed by atoms with Crippen LogP contribution < -0.4 is 4.74 Å². The zero-order valence-corrected chi connectivity index (χ0v) is 16.0. The van der Waals surface area contributed by atoms with E-state index in [0.29, 0.717) is 31.7 Å². The maximum absolute atomic E-state index is 12.7. The van der Waals surface area contributed by atoms with Gasteiger partial charge in [0.15, 0.2) is 0 Å². The van der Waals surface area contributed by atoms with Crippen molar-refractivity contribution in [2.75, 3.05) is 13.1 Å². The fourth-order valence-electron chi connectivity index (χ4n) is 3.11. The largest absolute Gasteiger partial charge is 0.489 e. The minimum Gasteiger partial charge on any atom is -0.489 e. The molecule has 1 unspecified atom stereocenters. The summed E-state index contributed by atoms with van der Waals surface area (Å²) in [4.78, 5) is 0.227. The van der Waals surface area contributed by atoms with E-state index in [4.69, 9.17) is 4.74 Å². The second kappa shape index (κ2) is 7.78. The number of ether oxygens (including phenoxy) is 1. The van der Waals surface area contributed by atoms with E-state index in [1.54, 1.807) is 24.3 Å². The first-order chi connectivity index (χ1) is 12.4. The highest BCUT2D eigenvalue weighted by Crippen LogP contribution is 2.23. The number of aliphatic hydroxyl groups is 1. The molecule has 0 aromatic heterocycles. The number of β-amino-alcohol motifs (C(OH)–C–C–N with tert-alkyl or cyclic N) is 1. The summed E-state index contributed by atoms with van der Waals surface area (Å²) >= 11 is 0. The monoisotopic (exact) mass is 375 g/mol. The van der Waals surface area contributed by atoms with Crippen LogP contribution in [-0.4, -0.2) is 37.0 Å². The molecule has 1 fully saturated rings. The van der Waals surface area contributed by atoms with Gasteiger partial charge < -0.3 is 9.84 Å². The van der Waals surface area contributed by atoms with E-state index in [1.807, 2.05) is 13.8 Å². The van der Waals surface area contributed by atoms with Crippen molar-refractivity contribution in [3.63, 3.8) is 0 Å². The molecule has 2 aromatic carbocycles. The summed E-state index contributed by atoms with van der Waals surface area (Å²) in [5.74, 6) is 0.628. The van der Waals surface area contributed by atoms with E-state index in [2.05, 4.69) is 18.2 Å². The number of sulfonamides is 1. The molecule has 1 heterocycles. The molecule has 3 rings (SSSR count). The molecule has 0 amide bonds. The molecule has 2 aromatic rings. The highest BCUT2D eigenvalue weighted by Gasteiger charge is 2.29. The van der Waals surface area contributed by atoms with E-state index < -0.39 is 16.1 Å². The Bertz CT molecular complexity index is 862. The zero-order valence-electron chi connectivity index (χ0n) is 15.2. The minimum absolute atomic E-state index is 0.160. The molecule has 1 aliphatic rings. The van der Waals surface area contributed by atoms with Gasteiger partial charge in [0.1, 0.15) is 12.4 Å². The molecular weight excluding hydrogens is 350 g/mol. The number of aliphatic hydroxyl groups excluding tert-OH is 1. The van der Waals surface area contributed by atoms with E-state index in [0.717, 1.165) is 5.56 Å². The first-order valence-corrected chi connectivity index (χ1v) is 10.3. The maximum Gasteiger partial charge on any atom is 0.243 e. The average Bonchev–Trinajstić information content (AvgIpc) is 2.63. The minimum atomic E-state index is -3.57. The van der Waals surface area contributed by atoms with Gasteiger partial charge in [-0.05, 0) is 62.1 Å². The SMILES string of the molecule is Cc1ccc(C)c(COc2ccc(S(=O)(=O)N3CCCC(O)C3)cc2)c1. The highest BCUT2D eigenvalue weighted by atomic mass is 32.2. The van der Waals surface area contributed by atoms with Crippen LogP contribution >= 0.6 is 0 Å². The second-order valence-electron chi connectivity index (χ2n) is 6.85. The lowest BCUT2D eigenvalue weighted by atomic mass is 10.1. The molecule has 1 aliphatic heterocycles. The summed E-state index contributed by atoms with van der Waals surface area (Å²) in [6.45, 7) is 5.14. The first kappa shape index (κ1) is 18.9. The number of hydrogen-bond acceptors (Lipinski definition) is 4. The lowest BCUT2D eigenvalue weighted by Gasteiger charge is -2.29. The molecular formula is C20H25NO4S. The van der Waals surface area contributed by atoms with Crippen molar-refractivity contribution >= 4 is 10.0 Å².